The summed E-state index contributed by atoms with van der Waals surface area (Å²) < 4.78 is 33.1. The maximum absolute atomic E-state index is 12.7. The highest BCUT2D eigenvalue weighted by molar-refractivity contribution is 7.89. The lowest BCUT2D eigenvalue weighted by Gasteiger charge is -2.19. The van der Waals surface area contributed by atoms with E-state index in [2.05, 4.69) is 30.8 Å². The highest BCUT2D eigenvalue weighted by Gasteiger charge is 2.20. The first kappa shape index (κ1) is 21.9. The minimum atomic E-state index is -3.78. The van der Waals surface area contributed by atoms with Gasteiger partial charge in [0.1, 0.15) is 5.75 Å². The molecule has 0 aliphatic heterocycles. The molecule has 152 valence electrons. The number of rotatable bonds is 7. The summed E-state index contributed by atoms with van der Waals surface area (Å²) in [5, 5.41) is 2.66. The number of ether oxygens (including phenoxy) is 1. The molecule has 28 heavy (non-hydrogen) atoms. The highest BCUT2D eigenvalue weighted by atomic mass is 32.2. The molecule has 0 spiro atoms. The minimum absolute atomic E-state index is 0.0147. The Balaban J connectivity index is 2.20. The number of amides is 1. The Kier molecular flexibility index (Phi) is 6.85. The average molecular weight is 405 g/mol. The maximum Gasteiger partial charge on any atom is 0.255 e. The largest absolute Gasteiger partial charge is 0.496 e. The standard InChI is InChI=1S/C21H28N2O4S/c1-6-22-20(24)18-13-17(11-12-19(18)27-5)28(25,26)23-14-15-7-9-16(10-8-15)21(2,3)4/h7-13,23H,6,14H2,1-5H3,(H,22,24). The van der Waals surface area contributed by atoms with E-state index in [1.54, 1.807) is 6.92 Å². The Morgan fingerprint density at radius 1 is 1.07 bits per heavy atom. The van der Waals surface area contributed by atoms with E-state index in [4.69, 9.17) is 4.74 Å². The Hall–Kier alpha value is -2.38. The van der Waals surface area contributed by atoms with Crippen molar-refractivity contribution in [1.82, 2.24) is 10.0 Å². The number of hydrogen-bond donors (Lipinski definition) is 2. The van der Waals surface area contributed by atoms with Crippen LogP contribution in [0.2, 0.25) is 0 Å². The van der Waals surface area contributed by atoms with Gasteiger partial charge >= 0.3 is 0 Å². The monoisotopic (exact) mass is 404 g/mol. The predicted octanol–water partition coefficient (Wildman–Crippen LogP) is 3.22. The third kappa shape index (κ3) is 5.33. The molecule has 2 aromatic carbocycles. The molecule has 0 unspecified atom stereocenters. The zero-order chi connectivity index (χ0) is 20.9. The molecule has 0 bridgehead atoms. The average Bonchev–Trinajstić information content (AvgIpc) is 2.65. The lowest BCUT2D eigenvalue weighted by molar-refractivity contribution is 0.0952. The van der Waals surface area contributed by atoms with Crippen molar-refractivity contribution in [2.45, 2.75) is 44.6 Å². The fourth-order valence-electron chi connectivity index (χ4n) is 2.67. The Morgan fingerprint density at radius 3 is 2.25 bits per heavy atom. The van der Waals surface area contributed by atoms with E-state index in [1.165, 1.54) is 30.9 Å². The first-order valence-corrected chi connectivity index (χ1v) is 10.6. The molecule has 2 rings (SSSR count). The van der Waals surface area contributed by atoms with Gasteiger partial charge in [0.25, 0.3) is 5.91 Å². The fourth-order valence-corrected chi connectivity index (χ4v) is 3.72. The summed E-state index contributed by atoms with van der Waals surface area (Å²) >= 11 is 0. The van der Waals surface area contributed by atoms with Crippen LogP contribution in [0, 0.1) is 0 Å². The van der Waals surface area contributed by atoms with Crippen LogP contribution in [-0.2, 0) is 22.0 Å². The van der Waals surface area contributed by atoms with E-state index in [1.807, 2.05) is 24.3 Å². The van der Waals surface area contributed by atoms with Gasteiger partial charge < -0.3 is 10.1 Å². The number of carbonyl (C=O) groups excluding carboxylic acids is 1. The summed E-state index contributed by atoms with van der Waals surface area (Å²) in [5.74, 6) is -0.0585. The van der Waals surface area contributed by atoms with Gasteiger partial charge in [0.2, 0.25) is 10.0 Å². The van der Waals surface area contributed by atoms with E-state index in [0.29, 0.717) is 12.3 Å². The summed E-state index contributed by atoms with van der Waals surface area (Å²) in [6.45, 7) is 8.76. The first-order valence-electron chi connectivity index (χ1n) is 9.14. The zero-order valence-electron chi connectivity index (χ0n) is 17.0. The van der Waals surface area contributed by atoms with Crippen molar-refractivity contribution in [3.63, 3.8) is 0 Å². The summed E-state index contributed by atoms with van der Waals surface area (Å²) in [4.78, 5) is 12.2. The molecule has 6 nitrogen and oxygen atoms in total. The smallest absolute Gasteiger partial charge is 0.255 e. The van der Waals surface area contributed by atoms with Crippen molar-refractivity contribution in [2.75, 3.05) is 13.7 Å². The predicted molar refractivity (Wildman–Crippen MR) is 110 cm³/mol. The normalized spacial score (nSPS) is 11.9. The quantitative estimate of drug-likeness (QED) is 0.742. The van der Waals surface area contributed by atoms with Gasteiger partial charge in [-0.1, -0.05) is 45.0 Å². The van der Waals surface area contributed by atoms with E-state index in [9.17, 15) is 13.2 Å². The van der Waals surface area contributed by atoms with Gasteiger partial charge in [-0.25, -0.2) is 13.1 Å². The van der Waals surface area contributed by atoms with Gasteiger partial charge in [-0.05, 0) is 41.7 Å². The Labute approximate surface area is 167 Å². The molecule has 0 heterocycles. The van der Waals surface area contributed by atoms with Crippen molar-refractivity contribution in [3.8, 4) is 5.75 Å². The van der Waals surface area contributed by atoms with Gasteiger partial charge in [-0.15, -0.1) is 0 Å². The van der Waals surface area contributed by atoms with Crippen molar-refractivity contribution in [3.05, 3.63) is 59.2 Å². The van der Waals surface area contributed by atoms with E-state index in [-0.39, 0.29) is 28.3 Å². The summed E-state index contributed by atoms with van der Waals surface area (Å²) in [6.07, 6.45) is 0. The molecule has 1 amide bonds. The van der Waals surface area contributed by atoms with Crippen LogP contribution in [0.1, 0.15) is 49.2 Å². The molecule has 0 aromatic heterocycles. The molecule has 0 saturated carbocycles. The van der Waals surface area contributed by atoms with Crippen LogP contribution < -0.4 is 14.8 Å². The second-order valence-corrected chi connectivity index (χ2v) is 9.26. The molecular weight excluding hydrogens is 376 g/mol. The zero-order valence-corrected chi connectivity index (χ0v) is 17.8. The van der Waals surface area contributed by atoms with E-state index in [0.717, 1.165) is 5.56 Å². The lowest BCUT2D eigenvalue weighted by atomic mass is 9.87. The van der Waals surface area contributed by atoms with Crippen molar-refractivity contribution >= 4 is 15.9 Å². The Bertz CT molecular complexity index is 930. The van der Waals surface area contributed by atoms with Gasteiger partial charge in [0.05, 0.1) is 17.6 Å². The number of hydrogen-bond acceptors (Lipinski definition) is 4. The maximum atomic E-state index is 12.7. The van der Waals surface area contributed by atoms with Crippen LogP contribution >= 0.6 is 0 Å². The van der Waals surface area contributed by atoms with Gasteiger partial charge in [-0.3, -0.25) is 4.79 Å². The lowest BCUT2D eigenvalue weighted by Crippen LogP contribution is -2.26. The highest BCUT2D eigenvalue weighted by Crippen LogP contribution is 2.24. The van der Waals surface area contributed by atoms with Crippen molar-refractivity contribution < 1.29 is 17.9 Å². The number of nitrogens with one attached hydrogen (secondary N) is 2. The Morgan fingerprint density at radius 2 is 1.71 bits per heavy atom. The molecular formula is C21H28N2O4S. The van der Waals surface area contributed by atoms with Crippen LogP contribution in [-0.4, -0.2) is 28.0 Å². The topological polar surface area (TPSA) is 84.5 Å². The van der Waals surface area contributed by atoms with E-state index >= 15 is 0 Å². The second kappa shape index (κ2) is 8.75. The number of benzene rings is 2. The molecule has 7 heteroatoms. The van der Waals surface area contributed by atoms with Crippen LogP contribution in [0.25, 0.3) is 0 Å². The molecule has 2 N–H and O–H groups in total. The molecule has 0 aliphatic rings. The van der Waals surface area contributed by atoms with Gasteiger partial charge in [0, 0.05) is 13.1 Å². The third-order valence-electron chi connectivity index (χ3n) is 4.35. The fraction of sp³-hybridized carbons (Fsp3) is 0.381. The summed E-state index contributed by atoms with van der Waals surface area (Å²) in [6, 6.07) is 12.1. The third-order valence-corrected chi connectivity index (χ3v) is 5.75. The second-order valence-electron chi connectivity index (χ2n) is 7.49. The summed E-state index contributed by atoms with van der Waals surface area (Å²) in [5.41, 5.74) is 2.26. The minimum Gasteiger partial charge on any atom is -0.496 e. The number of methoxy groups -OCH3 is 1. The van der Waals surface area contributed by atoms with Crippen molar-refractivity contribution in [1.29, 1.82) is 0 Å². The van der Waals surface area contributed by atoms with Gasteiger partial charge in [-0.2, -0.15) is 0 Å². The molecule has 0 atom stereocenters. The molecule has 0 saturated heterocycles. The SMILES string of the molecule is CCNC(=O)c1cc(S(=O)(=O)NCc2ccc(C(C)(C)C)cc2)ccc1OC. The van der Waals surface area contributed by atoms with Crippen LogP contribution in [0.5, 0.6) is 5.75 Å². The number of carbonyl (C=O) groups is 1. The van der Waals surface area contributed by atoms with E-state index < -0.39 is 10.0 Å². The summed E-state index contributed by atoms with van der Waals surface area (Å²) in [7, 11) is -2.34. The van der Waals surface area contributed by atoms with Gasteiger partial charge in [0.15, 0.2) is 0 Å². The molecule has 0 radical (unpaired) electrons. The van der Waals surface area contributed by atoms with Crippen LogP contribution in [0.15, 0.2) is 47.4 Å². The first-order chi connectivity index (χ1) is 13.1. The van der Waals surface area contributed by atoms with Crippen LogP contribution in [0.3, 0.4) is 0 Å². The molecule has 2 aromatic rings. The van der Waals surface area contributed by atoms with Crippen LogP contribution in [0.4, 0.5) is 0 Å². The molecule has 0 aliphatic carbocycles. The van der Waals surface area contributed by atoms with Crippen molar-refractivity contribution in [2.24, 2.45) is 0 Å². The molecule has 0 fully saturated rings. The number of sulfonamides is 1.